The van der Waals surface area contributed by atoms with E-state index in [0.29, 0.717) is 27.2 Å². The van der Waals surface area contributed by atoms with Crippen LogP contribution in [0.15, 0.2) is 46.9 Å². The highest BCUT2D eigenvalue weighted by atomic mass is 35.5. The Morgan fingerprint density at radius 2 is 1.82 bits per heavy atom. The summed E-state index contributed by atoms with van der Waals surface area (Å²) in [7, 11) is 0. The van der Waals surface area contributed by atoms with Gasteiger partial charge >= 0.3 is 0 Å². The molecule has 0 aliphatic carbocycles. The Balaban J connectivity index is 1.70. The molecule has 0 saturated heterocycles. The maximum Gasteiger partial charge on any atom is 0.254 e. The molecule has 1 heterocycles. The number of halogens is 3. The highest BCUT2D eigenvalue weighted by molar-refractivity contribution is 6.35. The third kappa shape index (κ3) is 3.37. The Morgan fingerprint density at radius 3 is 2.55 bits per heavy atom. The Morgan fingerprint density at radius 1 is 1.05 bits per heavy atom. The van der Waals surface area contributed by atoms with E-state index in [1.807, 2.05) is 0 Å². The van der Waals surface area contributed by atoms with Crippen LogP contribution in [0.25, 0.3) is 11.5 Å². The van der Waals surface area contributed by atoms with E-state index in [2.05, 4.69) is 10.2 Å². The molecule has 1 aromatic heterocycles. The molecule has 7 heteroatoms. The molecule has 0 saturated carbocycles. The smallest absolute Gasteiger partial charge is 0.254 e. The van der Waals surface area contributed by atoms with Crippen molar-refractivity contribution in [1.29, 1.82) is 0 Å². The van der Waals surface area contributed by atoms with Crippen LogP contribution in [0, 0.1) is 5.82 Å². The first kappa shape index (κ1) is 14.8. The van der Waals surface area contributed by atoms with Gasteiger partial charge in [-0.25, -0.2) is 4.39 Å². The van der Waals surface area contributed by atoms with Crippen molar-refractivity contribution in [2.24, 2.45) is 0 Å². The highest BCUT2D eigenvalue weighted by Gasteiger charge is 2.10. The van der Waals surface area contributed by atoms with E-state index in [9.17, 15) is 4.39 Å². The molecule has 0 N–H and O–H groups in total. The Kier molecular flexibility index (Phi) is 4.27. The number of hydrogen-bond acceptors (Lipinski definition) is 4. The average molecular weight is 339 g/mol. The van der Waals surface area contributed by atoms with Crippen LogP contribution in [-0.4, -0.2) is 10.2 Å². The molecule has 0 spiro atoms. The molecule has 3 rings (SSSR count). The van der Waals surface area contributed by atoms with Crippen LogP contribution >= 0.6 is 23.2 Å². The maximum absolute atomic E-state index is 12.9. The summed E-state index contributed by atoms with van der Waals surface area (Å²) >= 11 is 11.8. The van der Waals surface area contributed by atoms with E-state index >= 15 is 0 Å². The van der Waals surface area contributed by atoms with Gasteiger partial charge in [0.1, 0.15) is 11.6 Å². The second-order valence-electron chi connectivity index (χ2n) is 4.37. The van der Waals surface area contributed by atoms with Crippen molar-refractivity contribution in [1.82, 2.24) is 10.2 Å². The Labute approximate surface area is 135 Å². The summed E-state index contributed by atoms with van der Waals surface area (Å²) in [6.07, 6.45) is 0. The molecule has 3 aromatic rings. The zero-order valence-electron chi connectivity index (χ0n) is 11.1. The van der Waals surface area contributed by atoms with Crippen molar-refractivity contribution < 1.29 is 13.5 Å². The summed E-state index contributed by atoms with van der Waals surface area (Å²) in [6, 6.07) is 10.7. The minimum atomic E-state index is -0.329. The van der Waals surface area contributed by atoms with Gasteiger partial charge in [-0.15, -0.1) is 10.2 Å². The van der Waals surface area contributed by atoms with E-state index in [0.717, 1.165) is 0 Å². The van der Waals surface area contributed by atoms with E-state index in [-0.39, 0.29) is 18.3 Å². The van der Waals surface area contributed by atoms with Gasteiger partial charge in [-0.3, -0.25) is 0 Å². The van der Waals surface area contributed by atoms with Crippen LogP contribution in [0.1, 0.15) is 5.89 Å². The summed E-state index contributed by atoms with van der Waals surface area (Å²) in [5, 5.41) is 8.68. The third-order valence-corrected chi connectivity index (χ3v) is 3.33. The predicted molar refractivity (Wildman–Crippen MR) is 80.5 cm³/mol. The van der Waals surface area contributed by atoms with Crippen LogP contribution in [0.3, 0.4) is 0 Å². The van der Waals surface area contributed by atoms with Crippen LogP contribution in [0.4, 0.5) is 4.39 Å². The molecular formula is C15H9Cl2FN2O2. The molecule has 0 aliphatic heterocycles. The Hall–Kier alpha value is -2.11. The number of rotatable bonds is 4. The largest absolute Gasteiger partial charge is 0.482 e. The minimum Gasteiger partial charge on any atom is -0.482 e. The summed E-state index contributed by atoms with van der Waals surface area (Å²) in [5.41, 5.74) is 0.629. The fraction of sp³-hybridized carbons (Fsp3) is 0.0667. The molecule has 0 bridgehead atoms. The first-order valence-corrected chi connectivity index (χ1v) is 7.03. The van der Waals surface area contributed by atoms with Crippen molar-refractivity contribution in [3.8, 4) is 17.2 Å². The zero-order chi connectivity index (χ0) is 15.5. The first-order chi connectivity index (χ1) is 10.6. The summed E-state index contributed by atoms with van der Waals surface area (Å²) in [6.45, 7) is 0.0650. The second kappa shape index (κ2) is 6.34. The van der Waals surface area contributed by atoms with Crippen molar-refractivity contribution >= 4 is 23.2 Å². The lowest BCUT2D eigenvalue weighted by Crippen LogP contribution is -1.96. The van der Waals surface area contributed by atoms with E-state index < -0.39 is 0 Å². The van der Waals surface area contributed by atoms with Crippen molar-refractivity contribution in [2.75, 3.05) is 0 Å². The SMILES string of the molecule is Fc1ccc(-c2nnc(COc3ccc(Cl)cc3Cl)o2)cc1. The molecule has 0 fully saturated rings. The number of benzene rings is 2. The molecule has 0 atom stereocenters. The predicted octanol–water partition coefficient (Wildman–Crippen LogP) is 4.76. The van der Waals surface area contributed by atoms with Crippen molar-refractivity contribution in [3.63, 3.8) is 0 Å². The lowest BCUT2D eigenvalue weighted by Gasteiger charge is -2.05. The molecule has 22 heavy (non-hydrogen) atoms. The van der Waals surface area contributed by atoms with Gasteiger partial charge in [0.05, 0.1) is 5.02 Å². The van der Waals surface area contributed by atoms with Crippen LogP contribution in [0.2, 0.25) is 10.0 Å². The molecule has 2 aromatic carbocycles. The number of ether oxygens (including phenoxy) is 1. The second-order valence-corrected chi connectivity index (χ2v) is 5.21. The van der Waals surface area contributed by atoms with Gasteiger partial charge in [0.2, 0.25) is 5.89 Å². The van der Waals surface area contributed by atoms with Gasteiger partial charge in [0.15, 0.2) is 6.61 Å². The van der Waals surface area contributed by atoms with Gasteiger partial charge < -0.3 is 9.15 Å². The standard InChI is InChI=1S/C15H9Cl2FN2O2/c16-10-3-6-13(12(17)7-10)21-8-14-19-20-15(22-14)9-1-4-11(18)5-2-9/h1-7H,8H2. The monoisotopic (exact) mass is 338 g/mol. The van der Waals surface area contributed by atoms with Gasteiger partial charge in [-0.2, -0.15) is 0 Å². The average Bonchev–Trinajstić information content (AvgIpc) is 2.96. The third-order valence-electron chi connectivity index (χ3n) is 2.80. The van der Waals surface area contributed by atoms with Gasteiger partial charge in [-0.05, 0) is 42.5 Å². The van der Waals surface area contributed by atoms with Crippen LogP contribution in [-0.2, 0) is 6.61 Å². The first-order valence-electron chi connectivity index (χ1n) is 6.28. The van der Waals surface area contributed by atoms with E-state index in [4.69, 9.17) is 32.4 Å². The van der Waals surface area contributed by atoms with Gasteiger partial charge in [0.25, 0.3) is 5.89 Å². The summed E-state index contributed by atoms with van der Waals surface area (Å²) < 4.78 is 23.8. The molecule has 0 unspecified atom stereocenters. The van der Waals surface area contributed by atoms with Crippen molar-refractivity contribution in [3.05, 3.63) is 64.2 Å². The van der Waals surface area contributed by atoms with Crippen LogP contribution in [0.5, 0.6) is 5.75 Å². The fourth-order valence-electron chi connectivity index (χ4n) is 1.75. The van der Waals surface area contributed by atoms with E-state index in [1.165, 1.54) is 12.1 Å². The molecule has 4 nitrogen and oxygen atoms in total. The number of nitrogens with zero attached hydrogens (tertiary/aromatic N) is 2. The Bertz CT molecular complexity index is 790. The molecular weight excluding hydrogens is 330 g/mol. The lowest BCUT2D eigenvalue weighted by atomic mass is 10.2. The zero-order valence-corrected chi connectivity index (χ0v) is 12.6. The highest BCUT2D eigenvalue weighted by Crippen LogP contribution is 2.28. The lowest BCUT2D eigenvalue weighted by molar-refractivity contribution is 0.264. The van der Waals surface area contributed by atoms with Crippen LogP contribution < -0.4 is 4.74 Å². The summed E-state index contributed by atoms with van der Waals surface area (Å²) in [4.78, 5) is 0. The van der Waals surface area contributed by atoms with Crippen molar-refractivity contribution in [2.45, 2.75) is 6.61 Å². The van der Waals surface area contributed by atoms with Gasteiger partial charge in [0, 0.05) is 10.6 Å². The topological polar surface area (TPSA) is 48.2 Å². The van der Waals surface area contributed by atoms with Gasteiger partial charge in [-0.1, -0.05) is 23.2 Å². The summed E-state index contributed by atoms with van der Waals surface area (Å²) in [5.74, 6) is 0.711. The maximum atomic E-state index is 12.9. The molecule has 0 aliphatic rings. The fourth-order valence-corrected chi connectivity index (χ4v) is 2.22. The normalized spacial score (nSPS) is 10.7. The minimum absolute atomic E-state index is 0.0650. The molecule has 0 radical (unpaired) electrons. The number of aromatic nitrogens is 2. The molecule has 112 valence electrons. The van der Waals surface area contributed by atoms with E-state index in [1.54, 1.807) is 30.3 Å². The molecule has 0 amide bonds. The number of hydrogen-bond donors (Lipinski definition) is 0. The quantitative estimate of drug-likeness (QED) is 0.687.